The predicted molar refractivity (Wildman–Crippen MR) is 193 cm³/mol. The maximum atomic E-state index is 11.8. The van der Waals surface area contributed by atoms with E-state index in [4.69, 9.17) is 14.6 Å². The Labute approximate surface area is 299 Å². The number of hydrogen-bond donors (Lipinski definition) is 5. The van der Waals surface area contributed by atoms with Gasteiger partial charge in [0.15, 0.2) is 0 Å². The van der Waals surface area contributed by atoms with Crippen LogP contribution in [0.5, 0.6) is 5.75 Å². The third kappa shape index (κ3) is 10.7. The van der Waals surface area contributed by atoms with Crippen molar-refractivity contribution in [2.45, 2.75) is 86.7 Å². The molecule has 11 nitrogen and oxygen atoms in total. The molecule has 0 unspecified atom stereocenters. The number of aromatic nitrogens is 1. The van der Waals surface area contributed by atoms with Crippen molar-refractivity contribution in [1.29, 1.82) is 0 Å². The van der Waals surface area contributed by atoms with Crippen molar-refractivity contribution in [1.82, 2.24) is 9.88 Å². The van der Waals surface area contributed by atoms with Crippen molar-refractivity contribution >= 4 is 21.6 Å². The molecule has 1 aromatic heterocycles. The van der Waals surface area contributed by atoms with Crippen LogP contribution in [0.25, 0.3) is 11.1 Å². The molecule has 2 fully saturated rings. The highest BCUT2D eigenvalue weighted by atomic mass is 32.2. The molecule has 2 aliphatic carbocycles. The first kappa shape index (κ1) is 38.6. The molecule has 0 bridgehead atoms. The number of sulfone groups is 1. The SMILES string of the molecule is Cc1ccc(SCCCN(CCS(C)(=O)=O)C[C@H](O)[C@@H](O)[C@H](O)[C@H](O)CO)cc1COC1(c2cnccc2-c2ccccc2OC2CC2)CC1. The van der Waals surface area contributed by atoms with E-state index in [9.17, 15) is 28.8 Å². The molecule has 2 aromatic carbocycles. The van der Waals surface area contributed by atoms with Gasteiger partial charge in [0.2, 0.25) is 0 Å². The van der Waals surface area contributed by atoms with Gasteiger partial charge in [-0.25, -0.2) is 8.42 Å². The summed E-state index contributed by atoms with van der Waals surface area (Å²) in [6, 6.07) is 16.5. The summed E-state index contributed by atoms with van der Waals surface area (Å²) < 4.78 is 36.6. The average molecular weight is 731 g/mol. The molecule has 0 aliphatic heterocycles. The van der Waals surface area contributed by atoms with E-state index in [0.29, 0.717) is 31.4 Å². The zero-order valence-electron chi connectivity index (χ0n) is 28.7. The number of aliphatic hydroxyl groups is 5. The number of nitrogens with zero attached hydrogens (tertiary/aromatic N) is 2. The number of hydrogen-bond acceptors (Lipinski definition) is 12. The number of pyridine rings is 1. The first-order valence-electron chi connectivity index (χ1n) is 17.2. The molecule has 4 atom stereocenters. The number of aliphatic hydroxyl groups excluding tert-OH is 5. The third-order valence-corrected chi connectivity index (χ3v) is 11.3. The van der Waals surface area contributed by atoms with E-state index in [1.807, 2.05) is 36.7 Å². The number of ether oxygens (including phenoxy) is 2. The van der Waals surface area contributed by atoms with Gasteiger partial charge in [0.1, 0.15) is 33.9 Å². The molecule has 2 aliphatic rings. The minimum Gasteiger partial charge on any atom is -0.490 e. The molecule has 13 heteroatoms. The summed E-state index contributed by atoms with van der Waals surface area (Å²) in [7, 11) is -3.28. The number of rotatable bonds is 21. The number of para-hydroxylation sites is 1. The van der Waals surface area contributed by atoms with E-state index in [1.165, 1.54) is 0 Å². The maximum Gasteiger partial charge on any atom is 0.148 e. The van der Waals surface area contributed by atoms with Crippen molar-refractivity contribution in [2.75, 3.05) is 44.0 Å². The van der Waals surface area contributed by atoms with Crippen LogP contribution in [0.2, 0.25) is 0 Å². The molecule has 0 radical (unpaired) electrons. The Morgan fingerprint density at radius 3 is 2.44 bits per heavy atom. The van der Waals surface area contributed by atoms with Crippen molar-refractivity contribution in [3.63, 3.8) is 0 Å². The van der Waals surface area contributed by atoms with Gasteiger partial charge in [0.25, 0.3) is 0 Å². The first-order valence-corrected chi connectivity index (χ1v) is 20.2. The Kier molecular flexibility index (Phi) is 13.4. The van der Waals surface area contributed by atoms with Crippen molar-refractivity contribution in [3.05, 3.63) is 77.6 Å². The van der Waals surface area contributed by atoms with Crippen molar-refractivity contribution in [2.24, 2.45) is 0 Å². The molecule has 5 rings (SSSR count). The molecule has 5 N–H and O–H groups in total. The fraction of sp³-hybridized carbons (Fsp3) is 0.541. The van der Waals surface area contributed by atoms with Gasteiger partial charge >= 0.3 is 0 Å². The highest BCUT2D eigenvalue weighted by Gasteiger charge is 2.48. The Morgan fingerprint density at radius 2 is 1.74 bits per heavy atom. The standard InChI is InChI=1S/C37H50N2O9S2/c1-25-8-11-28(49-18-5-16-39(17-19-50(2,45)46)22-32(41)35(43)36(44)33(42)23-40)20-26(25)24-47-37(13-14-37)31-21-38-15-12-29(31)30-6-3-4-7-34(30)48-27-9-10-27/h3-4,6-8,11-12,15,20-21,27,32-33,35-36,40-44H,5,9-10,13-14,16-19,22-24H2,1-2H3/t32-,33+,35+,36+/m0/s1. The van der Waals surface area contributed by atoms with Crippen LogP contribution in [0.4, 0.5) is 0 Å². The summed E-state index contributed by atoms with van der Waals surface area (Å²) in [5.74, 6) is 1.48. The normalized spacial score (nSPS) is 18.1. The summed E-state index contributed by atoms with van der Waals surface area (Å²) in [5, 5.41) is 49.5. The molecule has 2 saturated carbocycles. The Balaban J connectivity index is 1.18. The lowest BCUT2D eigenvalue weighted by Crippen LogP contribution is -2.50. The van der Waals surface area contributed by atoms with Gasteiger partial charge in [0.05, 0.1) is 36.8 Å². The number of thioether (sulfide) groups is 1. The van der Waals surface area contributed by atoms with Crippen LogP contribution in [0.15, 0.2) is 65.8 Å². The highest BCUT2D eigenvalue weighted by Crippen LogP contribution is 2.53. The van der Waals surface area contributed by atoms with Crippen molar-refractivity contribution < 1.29 is 43.4 Å². The number of aryl methyl sites for hydroxylation is 1. The van der Waals surface area contributed by atoms with E-state index in [1.54, 1.807) is 16.7 Å². The topological polar surface area (TPSA) is 170 Å². The lowest BCUT2D eigenvalue weighted by Gasteiger charge is -2.30. The molecular weight excluding hydrogens is 681 g/mol. The molecule has 274 valence electrons. The van der Waals surface area contributed by atoms with Crippen LogP contribution >= 0.6 is 11.8 Å². The highest BCUT2D eigenvalue weighted by molar-refractivity contribution is 7.99. The van der Waals surface area contributed by atoms with Gasteiger partial charge in [0, 0.05) is 47.8 Å². The minimum atomic E-state index is -3.28. The summed E-state index contributed by atoms with van der Waals surface area (Å²) in [4.78, 5) is 7.27. The van der Waals surface area contributed by atoms with E-state index in [-0.39, 0.29) is 18.8 Å². The van der Waals surface area contributed by atoms with Gasteiger partial charge in [-0.15, -0.1) is 11.8 Å². The maximum absolute atomic E-state index is 11.8. The molecule has 0 spiro atoms. The van der Waals surface area contributed by atoms with E-state index in [2.05, 4.69) is 36.2 Å². The molecule has 50 heavy (non-hydrogen) atoms. The summed E-state index contributed by atoms with van der Waals surface area (Å²) in [5.41, 5.74) is 5.03. The second kappa shape index (κ2) is 17.3. The predicted octanol–water partition coefficient (Wildman–Crippen LogP) is 3.07. The average Bonchev–Trinajstić information content (AvgIpc) is 4.05. The Hall–Kier alpha value is -2.59. The van der Waals surface area contributed by atoms with Crippen LogP contribution < -0.4 is 4.74 Å². The smallest absolute Gasteiger partial charge is 0.148 e. The Morgan fingerprint density at radius 1 is 1.00 bits per heavy atom. The zero-order valence-corrected chi connectivity index (χ0v) is 30.4. The van der Waals surface area contributed by atoms with Gasteiger partial charge in [-0.1, -0.05) is 24.3 Å². The second-order valence-electron chi connectivity index (χ2n) is 13.5. The zero-order chi connectivity index (χ0) is 35.9. The Bertz CT molecular complexity index is 1670. The van der Waals surface area contributed by atoms with Crippen molar-refractivity contribution in [3.8, 4) is 16.9 Å². The summed E-state index contributed by atoms with van der Waals surface area (Å²) in [6.07, 6.45) is 3.31. The van der Waals surface area contributed by atoms with Gasteiger partial charge < -0.3 is 35.0 Å². The fourth-order valence-electron chi connectivity index (χ4n) is 5.87. The second-order valence-corrected chi connectivity index (χ2v) is 17.0. The minimum absolute atomic E-state index is 0.109. The lowest BCUT2D eigenvalue weighted by atomic mass is 9.96. The molecule has 0 saturated heterocycles. The molecule has 1 heterocycles. The summed E-state index contributed by atoms with van der Waals surface area (Å²) >= 11 is 1.67. The van der Waals surface area contributed by atoms with Crippen LogP contribution in [0.3, 0.4) is 0 Å². The molecule has 3 aromatic rings. The van der Waals surface area contributed by atoms with Crippen LogP contribution in [0.1, 0.15) is 48.8 Å². The number of benzene rings is 2. The largest absolute Gasteiger partial charge is 0.490 e. The first-order chi connectivity index (χ1) is 23.9. The summed E-state index contributed by atoms with van der Waals surface area (Å²) in [6.45, 7) is 2.22. The van der Waals surface area contributed by atoms with Crippen LogP contribution in [-0.4, -0.2) is 118 Å². The van der Waals surface area contributed by atoms with Gasteiger partial charge in [-0.05, 0) is 92.3 Å². The molecule has 0 amide bonds. The van der Waals surface area contributed by atoms with Crippen LogP contribution in [0, 0.1) is 6.92 Å². The third-order valence-electron chi connectivity index (χ3n) is 9.27. The quantitative estimate of drug-likeness (QED) is 0.0804. The van der Waals surface area contributed by atoms with E-state index >= 15 is 0 Å². The van der Waals surface area contributed by atoms with Gasteiger partial charge in [-0.3, -0.25) is 9.88 Å². The molecular formula is C37H50N2O9S2. The monoisotopic (exact) mass is 730 g/mol. The van der Waals surface area contributed by atoms with Crippen LogP contribution in [-0.2, 0) is 26.8 Å². The van der Waals surface area contributed by atoms with Gasteiger partial charge in [-0.2, -0.15) is 0 Å². The lowest BCUT2D eigenvalue weighted by molar-refractivity contribution is -0.119. The fourth-order valence-corrected chi connectivity index (χ4v) is 7.36. The van der Waals surface area contributed by atoms with E-state index in [0.717, 1.165) is 70.4 Å². The van der Waals surface area contributed by atoms with E-state index < -0.39 is 46.5 Å².